The Morgan fingerprint density at radius 3 is 2.53 bits per heavy atom. The number of thiazole rings is 1. The van der Waals surface area contributed by atoms with Crippen molar-refractivity contribution >= 4 is 28.4 Å². The molecule has 0 aliphatic rings. The zero-order valence-electron chi connectivity index (χ0n) is 11.9. The first-order valence-corrected chi connectivity index (χ1v) is 6.80. The first-order chi connectivity index (χ1) is 8.67. The van der Waals surface area contributed by atoms with Crippen LogP contribution >= 0.6 is 11.3 Å². The predicted octanol–water partition coefficient (Wildman–Crippen LogP) is 1.83. The van der Waals surface area contributed by atoms with E-state index < -0.39 is 0 Å². The lowest BCUT2D eigenvalue weighted by atomic mass is 10.1. The Hall–Kier alpha value is -1.63. The Bertz CT molecular complexity index is 465. The van der Waals surface area contributed by atoms with Crippen LogP contribution in [-0.4, -0.2) is 41.0 Å². The Balaban J connectivity index is 2.47. The number of rotatable bonds is 3. The molecule has 0 spiro atoms. The monoisotopic (exact) mass is 284 g/mol. The van der Waals surface area contributed by atoms with E-state index in [0.29, 0.717) is 5.13 Å². The van der Waals surface area contributed by atoms with E-state index in [1.165, 1.54) is 16.2 Å². The van der Waals surface area contributed by atoms with E-state index in [2.05, 4.69) is 15.6 Å². The molecule has 0 bridgehead atoms. The molecule has 0 radical (unpaired) electrons. The molecule has 1 heterocycles. The summed E-state index contributed by atoms with van der Waals surface area (Å²) in [5.41, 5.74) is 0.550. The summed E-state index contributed by atoms with van der Waals surface area (Å²) in [6, 6.07) is -0.349. The van der Waals surface area contributed by atoms with E-state index >= 15 is 0 Å². The predicted molar refractivity (Wildman–Crippen MR) is 76.4 cm³/mol. The van der Waals surface area contributed by atoms with Crippen LogP contribution in [0.5, 0.6) is 0 Å². The summed E-state index contributed by atoms with van der Waals surface area (Å²) in [4.78, 5) is 29.0. The molecular formula is C12H20N4O2S. The lowest BCUT2D eigenvalue weighted by Crippen LogP contribution is -2.47. The van der Waals surface area contributed by atoms with Crippen LogP contribution in [0.15, 0.2) is 5.38 Å². The van der Waals surface area contributed by atoms with Crippen molar-refractivity contribution in [3.63, 3.8) is 0 Å². The number of nitrogens with zero attached hydrogens (tertiary/aromatic N) is 2. The highest BCUT2D eigenvalue weighted by Gasteiger charge is 2.18. The van der Waals surface area contributed by atoms with Crippen LogP contribution in [0.4, 0.5) is 9.93 Å². The lowest BCUT2D eigenvalue weighted by molar-refractivity contribution is -0.122. The summed E-state index contributed by atoms with van der Waals surface area (Å²) in [6.45, 7) is 7.54. The maximum absolute atomic E-state index is 11.8. The fraction of sp³-hybridized carbons (Fsp3) is 0.583. The summed E-state index contributed by atoms with van der Waals surface area (Å²) in [5, 5.41) is 7.83. The average Bonchev–Trinajstić information content (AvgIpc) is 2.60. The number of nitrogens with one attached hydrogen (secondary N) is 2. The molecule has 0 aromatic carbocycles. The van der Waals surface area contributed by atoms with Crippen molar-refractivity contribution in [3.8, 4) is 0 Å². The molecular weight excluding hydrogens is 264 g/mol. The van der Waals surface area contributed by atoms with Gasteiger partial charge in [0.05, 0.1) is 5.69 Å². The lowest BCUT2D eigenvalue weighted by Gasteiger charge is -2.23. The molecule has 1 aromatic rings. The summed E-state index contributed by atoms with van der Waals surface area (Å²) >= 11 is 1.35. The normalized spacial score (nSPS) is 11.0. The van der Waals surface area contributed by atoms with Gasteiger partial charge in [-0.25, -0.2) is 9.78 Å². The minimum absolute atomic E-state index is 0.00740. The van der Waals surface area contributed by atoms with Crippen molar-refractivity contribution in [2.75, 3.05) is 18.9 Å². The molecule has 2 N–H and O–H groups in total. The highest BCUT2D eigenvalue weighted by Crippen LogP contribution is 2.14. The summed E-state index contributed by atoms with van der Waals surface area (Å²) in [5.74, 6) is -0.194. The molecule has 0 unspecified atom stereocenters. The summed E-state index contributed by atoms with van der Waals surface area (Å²) in [6.07, 6.45) is 0. The largest absolute Gasteiger partial charge is 0.350 e. The number of carbonyl (C=O) groups excluding carboxylic acids is 2. The SMILES string of the molecule is Cc1csc(NC(=O)N(C)CC(=O)NC(C)(C)C)n1. The highest BCUT2D eigenvalue weighted by molar-refractivity contribution is 7.13. The van der Waals surface area contributed by atoms with Gasteiger partial charge in [-0.3, -0.25) is 10.1 Å². The third-order valence-electron chi connectivity index (χ3n) is 2.07. The maximum Gasteiger partial charge on any atom is 0.323 e. The molecule has 3 amide bonds. The zero-order chi connectivity index (χ0) is 14.6. The second-order valence-electron chi connectivity index (χ2n) is 5.38. The molecule has 0 aliphatic heterocycles. The van der Waals surface area contributed by atoms with E-state index in [9.17, 15) is 9.59 Å². The molecule has 106 valence electrons. The van der Waals surface area contributed by atoms with Crippen molar-refractivity contribution < 1.29 is 9.59 Å². The number of anilines is 1. The standard InChI is InChI=1S/C12H20N4O2S/c1-8-7-19-10(13-8)14-11(18)16(5)6-9(17)15-12(2,3)4/h7H,6H2,1-5H3,(H,15,17)(H,13,14,18). The Morgan fingerprint density at radius 2 is 2.05 bits per heavy atom. The molecule has 7 heteroatoms. The van der Waals surface area contributed by atoms with E-state index in [4.69, 9.17) is 0 Å². The number of aryl methyl sites for hydroxylation is 1. The number of hydrogen-bond donors (Lipinski definition) is 2. The van der Waals surface area contributed by atoms with Gasteiger partial charge in [-0.1, -0.05) is 0 Å². The van der Waals surface area contributed by atoms with Gasteiger partial charge in [0.1, 0.15) is 6.54 Å². The molecule has 19 heavy (non-hydrogen) atoms. The third kappa shape index (κ3) is 5.69. The molecule has 0 saturated carbocycles. The molecule has 0 saturated heterocycles. The number of hydrogen-bond acceptors (Lipinski definition) is 4. The van der Waals surface area contributed by atoms with E-state index in [0.717, 1.165) is 5.69 Å². The summed E-state index contributed by atoms with van der Waals surface area (Å²) < 4.78 is 0. The van der Waals surface area contributed by atoms with Crippen LogP contribution in [0.25, 0.3) is 0 Å². The van der Waals surface area contributed by atoms with Crippen LogP contribution in [0, 0.1) is 6.92 Å². The fourth-order valence-corrected chi connectivity index (χ4v) is 2.02. The number of aromatic nitrogens is 1. The quantitative estimate of drug-likeness (QED) is 0.889. The molecule has 1 rings (SSSR count). The maximum atomic E-state index is 11.8. The van der Waals surface area contributed by atoms with Gasteiger partial charge in [0.25, 0.3) is 0 Å². The van der Waals surface area contributed by atoms with Gasteiger partial charge in [-0.05, 0) is 27.7 Å². The van der Waals surface area contributed by atoms with E-state index in [1.807, 2.05) is 33.1 Å². The molecule has 0 fully saturated rings. The van der Waals surface area contributed by atoms with Gasteiger partial charge >= 0.3 is 6.03 Å². The minimum atomic E-state index is -0.349. The van der Waals surface area contributed by atoms with Gasteiger partial charge < -0.3 is 10.2 Å². The van der Waals surface area contributed by atoms with Crippen molar-refractivity contribution in [2.45, 2.75) is 33.2 Å². The highest BCUT2D eigenvalue weighted by atomic mass is 32.1. The van der Waals surface area contributed by atoms with Crippen LogP contribution < -0.4 is 10.6 Å². The topological polar surface area (TPSA) is 74.3 Å². The molecule has 6 nitrogen and oxygen atoms in total. The molecule has 1 aromatic heterocycles. The van der Waals surface area contributed by atoms with Crippen LogP contribution in [0.3, 0.4) is 0 Å². The second-order valence-corrected chi connectivity index (χ2v) is 6.24. The van der Waals surface area contributed by atoms with Gasteiger partial charge in [-0.15, -0.1) is 11.3 Å². The van der Waals surface area contributed by atoms with E-state index in [-0.39, 0.29) is 24.0 Å². The third-order valence-corrected chi connectivity index (χ3v) is 2.95. The van der Waals surface area contributed by atoms with Gasteiger partial charge in [-0.2, -0.15) is 0 Å². The van der Waals surface area contributed by atoms with Crippen molar-refractivity contribution in [1.29, 1.82) is 0 Å². The number of carbonyl (C=O) groups is 2. The minimum Gasteiger partial charge on any atom is -0.350 e. The Morgan fingerprint density at radius 1 is 1.42 bits per heavy atom. The van der Waals surface area contributed by atoms with Crippen molar-refractivity contribution in [1.82, 2.24) is 15.2 Å². The van der Waals surface area contributed by atoms with Gasteiger partial charge in [0.2, 0.25) is 5.91 Å². The van der Waals surface area contributed by atoms with Gasteiger partial charge in [0, 0.05) is 18.0 Å². The first-order valence-electron chi connectivity index (χ1n) is 5.92. The number of likely N-dealkylation sites (N-methyl/N-ethyl adjacent to an activating group) is 1. The summed E-state index contributed by atoms with van der Waals surface area (Å²) in [7, 11) is 1.57. The zero-order valence-corrected chi connectivity index (χ0v) is 12.7. The first kappa shape index (κ1) is 15.4. The number of amides is 3. The fourth-order valence-electron chi connectivity index (χ4n) is 1.34. The van der Waals surface area contributed by atoms with Gasteiger partial charge in [0.15, 0.2) is 5.13 Å². The smallest absolute Gasteiger partial charge is 0.323 e. The average molecular weight is 284 g/mol. The molecule has 0 aliphatic carbocycles. The van der Waals surface area contributed by atoms with Crippen LogP contribution in [0.2, 0.25) is 0 Å². The van der Waals surface area contributed by atoms with E-state index in [1.54, 1.807) is 7.05 Å². The Labute approximate surface area is 117 Å². The Kier molecular flexibility index (Phi) is 4.88. The van der Waals surface area contributed by atoms with Crippen LogP contribution in [-0.2, 0) is 4.79 Å². The second kappa shape index (κ2) is 6.01. The van der Waals surface area contributed by atoms with Crippen molar-refractivity contribution in [3.05, 3.63) is 11.1 Å². The molecule has 0 atom stereocenters. The number of urea groups is 1. The van der Waals surface area contributed by atoms with Crippen molar-refractivity contribution in [2.24, 2.45) is 0 Å². The van der Waals surface area contributed by atoms with Crippen LogP contribution in [0.1, 0.15) is 26.5 Å².